The van der Waals surface area contributed by atoms with Crippen molar-refractivity contribution in [3.8, 4) is 11.1 Å². The van der Waals surface area contributed by atoms with Crippen molar-refractivity contribution >= 4 is 33.5 Å². The fourth-order valence-electron chi connectivity index (χ4n) is 3.76. The van der Waals surface area contributed by atoms with Gasteiger partial charge in [0.1, 0.15) is 17.6 Å². The molecule has 2 N–H and O–H groups in total. The quantitative estimate of drug-likeness (QED) is 0.249. The summed E-state index contributed by atoms with van der Waals surface area (Å²) < 4.78 is 33.6. The summed E-state index contributed by atoms with van der Waals surface area (Å²) in [6, 6.07) is 21.4. The molecule has 196 valence electrons. The van der Waals surface area contributed by atoms with Crippen LogP contribution in [0.2, 0.25) is 5.15 Å². The average molecular weight is 552 g/mol. The van der Waals surface area contributed by atoms with Gasteiger partial charge in [-0.2, -0.15) is 0 Å². The van der Waals surface area contributed by atoms with Gasteiger partial charge in [-0.05, 0) is 35.7 Å². The van der Waals surface area contributed by atoms with Crippen LogP contribution >= 0.6 is 11.6 Å². The maximum Gasteiger partial charge on any atom is 0.360 e. The second-order valence-electron chi connectivity index (χ2n) is 8.52. The maximum absolute atomic E-state index is 13.1. The first kappa shape index (κ1) is 27.1. The van der Waals surface area contributed by atoms with E-state index in [1.54, 1.807) is 60.7 Å². The van der Waals surface area contributed by atoms with Crippen molar-refractivity contribution < 1.29 is 22.7 Å². The van der Waals surface area contributed by atoms with Crippen molar-refractivity contribution in [1.29, 1.82) is 0 Å². The number of benzene rings is 3. The molecule has 1 heterocycles. The number of rotatable bonds is 10. The number of H-pyrrole nitrogens is 1. The number of hydrogen-bond donors (Lipinski definition) is 2. The molecule has 4 aromatic rings. The largest absolute Gasteiger partial charge is 0.456 e. The highest BCUT2D eigenvalue weighted by atomic mass is 35.5. The molecule has 1 amide bonds. The average Bonchev–Trinajstić information content (AvgIpc) is 3.31. The predicted molar refractivity (Wildman–Crippen MR) is 144 cm³/mol. The van der Waals surface area contributed by atoms with E-state index in [2.05, 4.69) is 21.6 Å². The van der Waals surface area contributed by atoms with Crippen molar-refractivity contribution in [3.63, 3.8) is 0 Å². The smallest absolute Gasteiger partial charge is 0.360 e. The number of imidazole rings is 1. The van der Waals surface area contributed by atoms with E-state index in [1.165, 1.54) is 18.2 Å². The van der Waals surface area contributed by atoms with Gasteiger partial charge >= 0.3 is 5.97 Å². The highest BCUT2D eigenvalue weighted by molar-refractivity contribution is 7.90. The molecule has 4 rings (SSSR count). The number of halogens is 1. The van der Waals surface area contributed by atoms with Gasteiger partial charge in [-0.1, -0.05) is 85.6 Å². The predicted octanol–water partition coefficient (Wildman–Crippen LogP) is 5.55. The Morgan fingerprint density at radius 2 is 1.66 bits per heavy atom. The molecule has 0 radical (unpaired) electrons. The Morgan fingerprint density at radius 1 is 0.974 bits per heavy atom. The maximum atomic E-state index is 13.1. The molecule has 38 heavy (non-hydrogen) atoms. The van der Waals surface area contributed by atoms with Crippen LogP contribution in [0, 0.1) is 0 Å². The van der Waals surface area contributed by atoms with E-state index in [0.717, 1.165) is 12.8 Å². The molecule has 3 aromatic carbocycles. The van der Waals surface area contributed by atoms with Crippen LogP contribution in [0.15, 0.2) is 83.8 Å². The van der Waals surface area contributed by atoms with Crippen molar-refractivity contribution in [2.75, 3.05) is 0 Å². The van der Waals surface area contributed by atoms with Crippen LogP contribution < -0.4 is 4.72 Å². The highest BCUT2D eigenvalue weighted by Gasteiger charge is 2.22. The number of aryl methyl sites for hydroxylation is 1. The van der Waals surface area contributed by atoms with Crippen LogP contribution in [0.25, 0.3) is 11.1 Å². The number of aromatic nitrogens is 2. The third-order valence-corrected chi connectivity index (χ3v) is 7.41. The number of carbonyl (C=O) groups is 2. The molecule has 0 aliphatic carbocycles. The van der Waals surface area contributed by atoms with Crippen LogP contribution in [0.5, 0.6) is 0 Å². The summed E-state index contributed by atoms with van der Waals surface area (Å²) in [7, 11) is -4.15. The lowest BCUT2D eigenvalue weighted by atomic mass is 10.0. The second-order valence-corrected chi connectivity index (χ2v) is 10.5. The molecule has 0 aliphatic heterocycles. The summed E-state index contributed by atoms with van der Waals surface area (Å²) >= 11 is 6.11. The Hall–Kier alpha value is -3.95. The van der Waals surface area contributed by atoms with Gasteiger partial charge < -0.3 is 9.72 Å². The fraction of sp³-hybridized carbons (Fsp3) is 0.179. The van der Waals surface area contributed by atoms with Crippen molar-refractivity contribution in [2.45, 2.75) is 37.7 Å². The second kappa shape index (κ2) is 12.1. The molecule has 0 saturated carbocycles. The van der Waals surface area contributed by atoms with Gasteiger partial charge in [0.05, 0.1) is 4.90 Å². The lowest BCUT2D eigenvalue weighted by molar-refractivity contribution is 0.0466. The minimum atomic E-state index is -4.15. The molecule has 0 aliphatic rings. The molecule has 0 saturated heterocycles. The van der Waals surface area contributed by atoms with E-state index in [4.69, 9.17) is 16.3 Å². The standard InChI is InChI=1S/C28H26ClN3O5S/c1-2-3-13-24-30-25(26(29)31-24)28(34)37-18-19-14-16-20(17-15-19)22-11-7-8-12-23(22)38(35,36)32-27(33)21-9-5-4-6-10-21/h4-12,14-17H,2-3,13,18H2,1H3,(H,30,31)(H,32,33). The minimum Gasteiger partial charge on any atom is -0.456 e. The van der Waals surface area contributed by atoms with Crippen molar-refractivity contribution in [3.05, 3.63) is 107 Å². The summed E-state index contributed by atoms with van der Waals surface area (Å²) in [5, 5.41) is 0.147. The first-order valence-corrected chi connectivity index (χ1v) is 13.9. The molecular weight excluding hydrogens is 526 g/mol. The van der Waals surface area contributed by atoms with Gasteiger partial charge in [0.15, 0.2) is 5.69 Å². The number of esters is 1. The lowest BCUT2D eigenvalue weighted by Crippen LogP contribution is -2.30. The molecule has 0 spiro atoms. The Kier molecular flexibility index (Phi) is 8.60. The van der Waals surface area contributed by atoms with E-state index in [1.807, 2.05) is 0 Å². The zero-order chi connectivity index (χ0) is 27.1. The third-order valence-electron chi connectivity index (χ3n) is 5.74. The number of carbonyl (C=O) groups excluding carboxylic acids is 2. The molecule has 8 nitrogen and oxygen atoms in total. The summed E-state index contributed by atoms with van der Waals surface area (Å²) in [6.07, 6.45) is 2.61. The van der Waals surface area contributed by atoms with Gasteiger partial charge in [-0.3, -0.25) is 4.79 Å². The van der Waals surface area contributed by atoms with Gasteiger partial charge in [0.2, 0.25) is 0 Å². The van der Waals surface area contributed by atoms with Crippen molar-refractivity contribution in [1.82, 2.24) is 14.7 Å². The van der Waals surface area contributed by atoms with Gasteiger partial charge in [0, 0.05) is 17.5 Å². The number of aromatic amines is 1. The SMILES string of the molecule is CCCCc1nc(C(=O)OCc2ccc(-c3ccccc3S(=O)(=O)NC(=O)c3ccccc3)cc2)c(Cl)[nH]1. The van der Waals surface area contributed by atoms with Crippen molar-refractivity contribution in [2.24, 2.45) is 0 Å². The zero-order valence-electron chi connectivity index (χ0n) is 20.6. The number of unbranched alkanes of at least 4 members (excludes halogenated alkanes) is 1. The molecule has 0 atom stereocenters. The Morgan fingerprint density at radius 3 is 2.37 bits per heavy atom. The number of sulfonamides is 1. The van der Waals surface area contributed by atoms with E-state index in [0.29, 0.717) is 28.9 Å². The van der Waals surface area contributed by atoms with Gasteiger partial charge in [-0.15, -0.1) is 0 Å². The van der Waals surface area contributed by atoms with Crippen LogP contribution in [-0.2, 0) is 27.8 Å². The molecular formula is C28H26ClN3O5S. The normalized spacial score (nSPS) is 11.2. The van der Waals surface area contributed by atoms with Crippen LogP contribution in [0.4, 0.5) is 0 Å². The number of nitrogens with one attached hydrogen (secondary N) is 2. The van der Waals surface area contributed by atoms with Crippen LogP contribution in [0.1, 0.15) is 52.0 Å². The molecule has 0 fully saturated rings. The van der Waals surface area contributed by atoms with E-state index >= 15 is 0 Å². The monoisotopic (exact) mass is 551 g/mol. The van der Waals surface area contributed by atoms with Crippen LogP contribution in [0.3, 0.4) is 0 Å². The summed E-state index contributed by atoms with van der Waals surface area (Å²) in [5.41, 5.74) is 2.01. The minimum absolute atomic E-state index is 0.0142. The highest BCUT2D eigenvalue weighted by Crippen LogP contribution is 2.28. The van der Waals surface area contributed by atoms with Gasteiger partial charge in [-0.25, -0.2) is 22.9 Å². The summed E-state index contributed by atoms with van der Waals surface area (Å²) in [4.78, 5) is 32.1. The molecule has 10 heteroatoms. The van der Waals surface area contributed by atoms with E-state index < -0.39 is 21.9 Å². The third kappa shape index (κ3) is 6.48. The zero-order valence-corrected chi connectivity index (χ0v) is 22.2. The topological polar surface area (TPSA) is 118 Å². The van der Waals surface area contributed by atoms with Gasteiger partial charge in [0.25, 0.3) is 15.9 Å². The summed E-state index contributed by atoms with van der Waals surface area (Å²) in [5.74, 6) is -0.711. The summed E-state index contributed by atoms with van der Waals surface area (Å²) in [6.45, 7) is 2.05. The van der Waals surface area contributed by atoms with Crippen LogP contribution in [-0.4, -0.2) is 30.3 Å². The first-order valence-electron chi connectivity index (χ1n) is 12.0. The number of nitrogens with zero attached hydrogens (tertiary/aromatic N) is 1. The lowest BCUT2D eigenvalue weighted by Gasteiger charge is -2.12. The molecule has 0 unspecified atom stereocenters. The fourth-order valence-corrected chi connectivity index (χ4v) is 5.19. The van der Waals surface area contributed by atoms with E-state index in [9.17, 15) is 18.0 Å². The number of hydrogen-bond acceptors (Lipinski definition) is 6. The molecule has 1 aromatic heterocycles. The van der Waals surface area contributed by atoms with E-state index in [-0.39, 0.29) is 27.9 Å². The Balaban J connectivity index is 1.46. The Labute approximate surface area is 226 Å². The molecule has 0 bridgehead atoms. The number of ether oxygens (including phenoxy) is 1. The number of amides is 1. The Bertz CT molecular complexity index is 1530. The first-order chi connectivity index (χ1) is 18.3.